The topological polar surface area (TPSA) is 21.1 Å². The third kappa shape index (κ3) is 3.59. The van der Waals surface area contributed by atoms with Crippen LogP contribution in [0.25, 0.3) is 22.4 Å². The van der Waals surface area contributed by atoms with Gasteiger partial charge in [0.1, 0.15) is 5.82 Å². The third-order valence-electron chi connectivity index (χ3n) is 5.01. The Morgan fingerprint density at radius 2 is 1.63 bits per heavy atom. The molecule has 0 saturated heterocycles. The van der Waals surface area contributed by atoms with Crippen LogP contribution in [0.2, 0.25) is 0 Å². The SMILES string of the molecule is Cc1ccc2c(c1)nc(-c1ccc(N(C)C)cc1)n2CCc1ccccc1. The van der Waals surface area contributed by atoms with Gasteiger partial charge in [-0.3, -0.25) is 0 Å². The second-order valence-corrected chi connectivity index (χ2v) is 7.26. The number of fused-ring (bicyclic) bond motifs is 1. The highest BCUT2D eigenvalue weighted by Crippen LogP contribution is 2.27. The number of nitrogens with zero attached hydrogens (tertiary/aromatic N) is 3. The van der Waals surface area contributed by atoms with Crippen LogP contribution in [-0.4, -0.2) is 23.6 Å². The molecular formula is C24H25N3. The number of imidazole rings is 1. The number of aryl methyl sites for hydroxylation is 3. The van der Waals surface area contributed by atoms with Crippen molar-refractivity contribution in [2.75, 3.05) is 19.0 Å². The molecule has 4 rings (SSSR count). The van der Waals surface area contributed by atoms with Crippen LogP contribution in [0.5, 0.6) is 0 Å². The third-order valence-corrected chi connectivity index (χ3v) is 5.01. The molecule has 0 atom stereocenters. The monoisotopic (exact) mass is 355 g/mol. The lowest BCUT2D eigenvalue weighted by atomic mass is 10.1. The van der Waals surface area contributed by atoms with Crippen LogP contribution in [0, 0.1) is 6.92 Å². The molecule has 1 aromatic heterocycles. The summed E-state index contributed by atoms with van der Waals surface area (Å²) in [5.74, 6) is 1.04. The fraction of sp³-hybridized carbons (Fsp3) is 0.208. The zero-order chi connectivity index (χ0) is 18.8. The minimum absolute atomic E-state index is 0.911. The van der Waals surface area contributed by atoms with Gasteiger partial charge >= 0.3 is 0 Å². The van der Waals surface area contributed by atoms with E-state index in [1.807, 2.05) is 0 Å². The zero-order valence-corrected chi connectivity index (χ0v) is 16.2. The zero-order valence-electron chi connectivity index (χ0n) is 16.2. The van der Waals surface area contributed by atoms with E-state index in [0.29, 0.717) is 0 Å². The molecule has 0 bridgehead atoms. The molecule has 0 spiro atoms. The molecule has 27 heavy (non-hydrogen) atoms. The van der Waals surface area contributed by atoms with Gasteiger partial charge < -0.3 is 9.47 Å². The van der Waals surface area contributed by atoms with Crippen LogP contribution < -0.4 is 4.90 Å². The first-order valence-electron chi connectivity index (χ1n) is 9.40. The number of aromatic nitrogens is 2. The van der Waals surface area contributed by atoms with Gasteiger partial charge in [0, 0.05) is 31.9 Å². The summed E-state index contributed by atoms with van der Waals surface area (Å²) in [4.78, 5) is 7.10. The van der Waals surface area contributed by atoms with Gasteiger partial charge in [0.25, 0.3) is 0 Å². The number of anilines is 1. The Labute approximate surface area is 160 Å². The summed E-state index contributed by atoms with van der Waals surface area (Å²) in [5.41, 5.74) is 7.20. The lowest BCUT2D eigenvalue weighted by Gasteiger charge is -2.13. The first-order valence-corrected chi connectivity index (χ1v) is 9.40. The van der Waals surface area contributed by atoms with Gasteiger partial charge in [0.2, 0.25) is 0 Å². The Balaban J connectivity index is 1.76. The van der Waals surface area contributed by atoms with Crippen molar-refractivity contribution in [3.8, 4) is 11.4 Å². The molecule has 0 amide bonds. The first kappa shape index (κ1) is 17.3. The minimum Gasteiger partial charge on any atom is -0.378 e. The van der Waals surface area contributed by atoms with E-state index in [2.05, 4.69) is 103 Å². The van der Waals surface area contributed by atoms with Crippen molar-refractivity contribution in [3.63, 3.8) is 0 Å². The van der Waals surface area contributed by atoms with E-state index in [1.165, 1.54) is 22.3 Å². The highest BCUT2D eigenvalue weighted by Gasteiger charge is 2.13. The lowest BCUT2D eigenvalue weighted by Crippen LogP contribution is -2.08. The fourth-order valence-electron chi connectivity index (χ4n) is 3.48. The highest BCUT2D eigenvalue weighted by molar-refractivity contribution is 5.81. The van der Waals surface area contributed by atoms with Crippen molar-refractivity contribution in [2.45, 2.75) is 19.9 Å². The second-order valence-electron chi connectivity index (χ2n) is 7.26. The molecule has 0 radical (unpaired) electrons. The van der Waals surface area contributed by atoms with Gasteiger partial charge in [-0.1, -0.05) is 36.4 Å². The summed E-state index contributed by atoms with van der Waals surface area (Å²) in [5, 5.41) is 0. The maximum Gasteiger partial charge on any atom is 0.141 e. The maximum absolute atomic E-state index is 4.98. The molecule has 0 saturated carbocycles. The normalized spacial score (nSPS) is 11.1. The largest absolute Gasteiger partial charge is 0.378 e. The summed E-state index contributed by atoms with van der Waals surface area (Å²) in [7, 11) is 4.12. The van der Waals surface area contributed by atoms with Crippen LogP contribution in [0.3, 0.4) is 0 Å². The van der Waals surface area contributed by atoms with Crippen molar-refractivity contribution in [1.29, 1.82) is 0 Å². The van der Waals surface area contributed by atoms with E-state index in [1.54, 1.807) is 0 Å². The Hall–Kier alpha value is -3.07. The first-order chi connectivity index (χ1) is 13.1. The molecule has 3 nitrogen and oxygen atoms in total. The molecule has 4 aromatic rings. The van der Waals surface area contributed by atoms with Crippen LogP contribution in [0.1, 0.15) is 11.1 Å². The molecule has 0 aliphatic carbocycles. The van der Waals surface area contributed by atoms with Crippen molar-refractivity contribution in [1.82, 2.24) is 9.55 Å². The number of hydrogen-bond acceptors (Lipinski definition) is 2. The van der Waals surface area contributed by atoms with Gasteiger partial charge in [0.05, 0.1) is 11.0 Å². The van der Waals surface area contributed by atoms with E-state index in [-0.39, 0.29) is 0 Å². The van der Waals surface area contributed by atoms with Gasteiger partial charge in [-0.25, -0.2) is 4.98 Å². The second kappa shape index (κ2) is 7.28. The Morgan fingerprint density at radius 3 is 2.33 bits per heavy atom. The number of hydrogen-bond donors (Lipinski definition) is 0. The standard InChI is InChI=1S/C24H25N3/c1-18-9-14-23-22(17-18)25-24(20-10-12-21(13-11-20)26(2)3)27(23)16-15-19-7-5-4-6-8-19/h4-14,17H,15-16H2,1-3H3. The predicted molar refractivity (Wildman–Crippen MR) is 114 cm³/mol. The van der Waals surface area contributed by atoms with Crippen LogP contribution in [0.15, 0.2) is 72.8 Å². The van der Waals surface area contributed by atoms with Crippen molar-refractivity contribution >= 4 is 16.7 Å². The van der Waals surface area contributed by atoms with E-state index >= 15 is 0 Å². The molecule has 1 heterocycles. The fourth-order valence-corrected chi connectivity index (χ4v) is 3.48. The summed E-state index contributed by atoms with van der Waals surface area (Å²) in [6, 6.07) is 25.8. The molecule has 3 aromatic carbocycles. The molecule has 0 aliphatic heterocycles. The highest BCUT2D eigenvalue weighted by atomic mass is 15.1. The molecule has 3 heteroatoms. The van der Waals surface area contributed by atoms with E-state index in [0.717, 1.165) is 29.9 Å². The Kier molecular flexibility index (Phi) is 4.68. The van der Waals surface area contributed by atoms with Gasteiger partial charge in [-0.15, -0.1) is 0 Å². The van der Waals surface area contributed by atoms with Crippen LogP contribution in [-0.2, 0) is 13.0 Å². The summed E-state index contributed by atoms with van der Waals surface area (Å²) >= 11 is 0. The number of rotatable bonds is 5. The van der Waals surface area contributed by atoms with E-state index in [9.17, 15) is 0 Å². The van der Waals surface area contributed by atoms with Crippen molar-refractivity contribution in [2.24, 2.45) is 0 Å². The summed E-state index contributed by atoms with van der Waals surface area (Å²) in [6.45, 7) is 3.03. The minimum atomic E-state index is 0.911. The maximum atomic E-state index is 4.98. The molecular weight excluding hydrogens is 330 g/mol. The summed E-state index contributed by atoms with van der Waals surface area (Å²) < 4.78 is 2.35. The average Bonchev–Trinajstić information content (AvgIpc) is 3.04. The lowest BCUT2D eigenvalue weighted by molar-refractivity contribution is 0.723. The van der Waals surface area contributed by atoms with Crippen molar-refractivity contribution < 1.29 is 0 Å². The Bertz CT molecular complexity index is 1040. The van der Waals surface area contributed by atoms with Gasteiger partial charge in [-0.05, 0) is 60.9 Å². The van der Waals surface area contributed by atoms with E-state index in [4.69, 9.17) is 4.98 Å². The molecule has 0 N–H and O–H groups in total. The summed E-state index contributed by atoms with van der Waals surface area (Å²) in [6.07, 6.45) is 0.989. The van der Waals surface area contributed by atoms with Crippen LogP contribution in [0.4, 0.5) is 5.69 Å². The van der Waals surface area contributed by atoms with Crippen molar-refractivity contribution in [3.05, 3.63) is 83.9 Å². The predicted octanol–water partition coefficient (Wildman–Crippen LogP) is 5.32. The Morgan fingerprint density at radius 1 is 0.889 bits per heavy atom. The molecule has 0 fully saturated rings. The average molecular weight is 355 g/mol. The smallest absolute Gasteiger partial charge is 0.141 e. The molecule has 0 aliphatic rings. The molecule has 0 unspecified atom stereocenters. The van der Waals surface area contributed by atoms with Gasteiger partial charge in [-0.2, -0.15) is 0 Å². The van der Waals surface area contributed by atoms with Crippen LogP contribution >= 0.6 is 0 Å². The van der Waals surface area contributed by atoms with Gasteiger partial charge in [0.15, 0.2) is 0 Å². The molecule has 136 valence electrons. The quantitative estimate of drug-likeness (QED) is 0.483. The number of benzene rings is 3. The van der Waals surface area contributed by atoms with E-state index < -0.39 is 0 Å².